The Morgan fingerprint density at radius 1 is 0.363 bits per heavy atom. The zero-order valence-electron chi connectivity index (χ0n) is 64.1. The first kappa shape index (κ1) is 94.0. The van der Waals surface area contributed by atoms with Crippen LogP contribution in [0.15, 0.2) is 48.6 Å². The van der Waals surface area contributed by atoms with Gasteiger partial charge in [0.25, 0.3) is 0 Å². The van der Waals surface area contributed by atoms with Crippen LogP contribution in [0.5, 0.6) is 0 Å². The smallest absolute Gasteiger partial charge is 0.220 e. The molecule has 3 heterocycles. The van der Waals surface area contributed by atoms with Crippen LogP contribution < -0.4 is 5.32 Å². The van der Waals surface area contributed by atoms with Crippen molar-refractivity contribution in [1.82, 2.24) is 5.32 Å². The molecule has 0 radical (unpaired) electrons. The molecule has 17 unspecified atom stereocenters. The predicted molar refractivity (Wildman–Crippen MR) is 406 cm³/mol. The van der Waals surface area contributed by atoms with Gasteiger partial charge in [-0.2, -0.15) is 0 Å². The number of nitrogens with one attached hydrogen (secondary N) is 1. The molecule has 3 aliphatic heterocycles. The summed E-state index contributed by atoms with van der Waals surface area (Å²) in [5.41, 5.74) is 0. The molecule has 3 aliphatic rings. The molecule has 0 aliphatic carbocycles. The summed E-state index contributed by atoms with van der Waals surface area (Å²) in [4.78, 5) is 13.5. The molecule has 0 aromatic rings. The Morgan fingerprint density at radius 2 is 0.676 bits per heavy atom. The van der Waals surface area contributed by atoms with E-state index < -0.39 is 124 Å². The monoisotopic (exact) mass is 1450 g/mol. The van der Waals surface area contributed by atoms with Crippen LogP contribution >= 0.6 is 0 Å². The number of ether oxygens (including phenoxy) is 6. The number of aliphatic hydroxyl groups excluding tert-OH is 11. The number of rotatable bonds is 67. The molecule has 12 N–H and O–H groups in total. The summed E-state index contributed by atoms with van der Waals surface area (Å²) in [6.45, 7) is 1.73. The van der Waals surface area contributed by atoms with Gasteiger partial charge in [-0.05, 0) is 51.4 Å². The molecule has 19 heteroatoms. The van der Waals surface area contributed by atoms with Crippen molar-refractivity contribution in [1.29, 1.82) is 0 Å². The van der Waals surface area contributed by atoms with Crippen LogP contribution in [0, 0.1) is 0 Å². The fraction of sp³-hybridized carbons (Fsp3) is 0.892. The Hall–Kier alpha value is -2.25. The van der Waals surface area contributed by atoms with Crippen LogP contribution in [0.1, 0.15) is 341 Å². The van der Waals surface area contributed by atoms with Gasteiger partial charge in [-0.15, -0.1) is 0 Å². The van der Waals surface area contributed by atoms with Gasteiger partial charge in [0.05, 0.1) is 38.6 Å². The molecule has 3 saturated heterocycles. The second-order valence-corrected chi connectivity index (χ2v) is 29.9. The standard InChI is InChI=1S/C83H153NO18/c1-3-5-7-9-11-13-15-17-19-21-22-23-24-25-26-27-28-29-30-31-32-33-34-35-36-37-38-39-40-41-42-43-44-45-47-49-51-53-55-57-59-61-71(89)84-66(67(88)60-58-56-54-52-50-48-46-20-18-16-14-12-10-8-6-4-2)65-97-81-77(95)74(92)79(69(63-86)99-81)102-83-78(96)75(93)80(70(64-87)100-83)101-82-76(94)73(91)72(90)68(62-85)98-82/h5,7,11,13,17,19,22-23,66-70,72-83,85-88,90-96H,3-4,6,8-10,12,14-16,18,20-21,24-65H2,1-2H3,(H,84,89)/b7-5-,13-11-,19-17-,23-22-. The molecule has 0 aromatic heterocycles. The second kappa shape index (κ2) is 63.7. The maximum Gasteiger partial charge on any atom is 0.220 e. The first-order valence-electron chi connectivity index (χ1n) is 41.9. The third kappa shape index (κ3) is 43.1. The van der Waals surface area contributed by atoms with Gasteiger partial charge in [-0.25, -0.2) is 0 Å². The van der Waals surface area contributed by atoms with E-state index >= 15 is 0 Å². The van der Waals surface area contributed by atoms with E-state index in [2.05, 4.69) is 67.8 Å². The van der Waals surface area contributed by atoms with E-state index in [0.29, 0.717) is 12.8 Å². The van der Waals surface area contributed by atoms with Crippen molar-refractivity contribution in [2.45, 2.75) is 446 Å². The number of unbranched alkanes of at least 4 members (excludes halogenated alkanes) is 43. The van der Waals surface area contributed by atoms with Crippen molar-refractivity contribution in [3.63, 3.8) is 0 Å². The molecule has 3 fully saturated rings. The number of hydrogen-bond acceptors (Lipinski definition) is 18. The third-order valence-corrected chi connectivity index (χ3v) is 20.9. The molecular weight excluding hydrogens is 1300 g/mol. The zero-order valence-corrected chi connectivity index (χ0v) is 64.1. The summed E-state index contributed by atoms with van der Waals surface area (Å²) in [6.07, 6.45) is 53.8. The molecule has 17 atom stereocenters. The number of allylic oxidation sites excluding steroid dienone is 8. The van der Waals surface area contributed by atoms with Crippen molar-refractivity contribution in [2.24, 2.45) is 0 Å². The highest BCUT2D eigenvalue weighted by Gasteiger charge is 2.54. The summed E-state index contributed by atoms with van der Waals surface area (Å²) in [6, 6.07) is -0.885. The molecule has 0 saturated carbocycles. The fourth-order valence-corrected chi connectivity index (χ4v) is 14.3. The van der Waals surface area contributed by atoms with E-state index in [0.717, 1.165) is 70.6 Å². The van der Waals surface area contributed by atoms with Crippen molar-refractivity contribution in [3.8, 4) is 0 Å². The molecule has 19 nitrogen and oxygen atoms in total. The quantitative estimate of drug-likeness (QED) is 0.0199. The van der Waals surface area contributed by atoms with Crippen LogP contribution in [-0.4, -0.2) is 193 Å². The topological polar surface area (TPSA) is 307 Å². The fourth-order valence-electron chi connectivity index (χ4n) is 14.3. The van der Waals surface area contributed by atoms with Gasteiger partial charge >= 0.3 is 0 Å². The minimum absolute atomic E-state index is 0.236. The number of hydrogen-bond donors (Lipinski definition) is 12. The van der Waals surface area contributed by atoms with E-state index in [1.807, 2.05) is 0 Å². The Morgan fingerprint density at radius 3 is 1.06 bits per heavy atom. The SMILES string of the molecule is CC/C=C\C/C=C\C/C=C\C/C=C\CCCCCCCCCCCCCCCCCCCCCCCCCCCCCCC(=O)NC(COC1OC(CO)C(OC2OC(CO)C(OC3OC(CO)C(O)C(O)C3O)C(O)C2O)C(O)C1O)C(O)CCCCCCCCCCCCCCCCCC. The lowest BCUT2D eigenvalue weighted by Crippen LogP contribution is -2.66. The van der Waals surface area contributed by atoms with Gasteiger partial charge in [0.1, 0.15) is 73.2 Å². The second-order valence-electron chi connectivity index (χ2n) is 29.9. The lowest BCUT2D eigenvalue weighted by atomic mass is 9.96. The summed E-state index contributed by atoms with van der Waals surface area (Å²) >= 11 is 0. The number of carbonyl (C=O) groups excluding carboxylic acids is 1. The number of amides is 1. The minimum Gasteiger partial charge on any atom is -0.394 e. The normalized spacial score (nSPS) is 26.4. The van der Waals surface area contributed by atoms with Gasteiger partial charge in [0.15, 0.2) is 18.9 Å². The number of aliphatic hydroxyl groups is 11. The Kier molecular flexibility index (Phi) is 58.6. The minimum atomic E-state index is -1.97. The summed E-state index contributed by atoms with van der Waals surface area (Å²) in [7, 11) is 0. The molecule has 102 heavy (non-hydrogen) atoms. The highest BCUT2D eigenvalue weighted by molar-refractivity contribution is 5.76. The molecule has 0 aromatic carbocycles. The van der Waals surface area contributed by atoms with Crippen molar-refractivity contribution in [3.05, 3.63) is 48.6 Å². The summed E-state index contributed by atoms with van der Waals surface area (Å²) < 4.78 is 34.5. The van der Waals surface area contributed by atoms with Crippen LogP contribution in [0.2, 0.25) is 0 Å². The highest BCUT2D eigenvalue weighted by atomic mass is 16.8. The predicted octanol–water partition coefficient (Wildman–Crippen LogP) is 14.5. The van der Waals surface area contributed by atoms with E-state index in [1.54, 1.807) is 0 Å². The van der Waals surface area contributed by atoms with Crippen molar-refractivity contribution >= 4 is 5.91 Å². The lowest BCUT2D eigenvalue weighted by Gasteiger charge is -2.48. The first-order valence-corrected chi connectivity index (χ1v) is 41.9. The number of carbonyl (C=O) groups is 1. The Bertz CT molecular complexity index is 2030. The largest absolute Gasteiger partial charge is 0.394 e. The highest BCUT2D eigenvalue weighted by Crippen LogP contribution is 2.33. The van der Waals surface area contributed by atoms with Gasteiger partial charge in [0, 0.05) is 6.42 Å². The van der Waals surface area contributed by atoms with Crippen LogP contribution in [0.3, 0.4) is 0 Å². The Labute approximate surface area is 618 Å². The Balaban J connectivity index is 1.27. The van der Waals surface area contributed by atoms with Crippen LogP contribution in [-0.2, 0) is 33.2 Å². The van der Waals surface area contributed by atoms with Crippen LogP contribution in [0.25, 0.3) is 0 Å². The average Bonchev–Trinajstić information content (AvgIpc) is 0.755. The van der Waals surface area contributed by atoms with Crippen LogP contribution in [0.4, 0.5) is 0 Å². The molecule has 0 spiro atoms. The molecule has 3 rings (SSSR count). The van der Waals surface area contributed by atoms with E-state index in [1.165, 1.54) is 238 Å². The molecule has 0 bridgehead atoms. The van der Waals surface area contributed by atoms with Gasteiger partial charge < -0.3 is 89.9 Å². The molecule has 1 amide bonds. The maximum absolute atomic E-state index is 13.5. The van der Waals surface area contributed by atoms with Crippen molar-refractivity contribution < 1.29 is 89.4 Å². The summed E-state index contributed by atoms with van der Waals surface area (Å²) in [5.74, 6) is -0.236. The van der Waals surface area contributed by atoms with Gasteiger partial charge in [0.2, 0.25) is 5.91 Å². The first-order chi connectivity index (χ1) is 49.8. The molecule has 598 valence electrons. The third-order valence-electron chi connectivity index (χ3n) is 20.9. The maximum atomic E-state index is 13.5. The van der Waals surface area contributed by atoms with Gasteiger partial charge in [-0.1, -0.05) is 332 Å². The zero-order chi connectivity index (χ0) is 73.9. The summed E-state index contributed by atoms with van der Waals surface area (Å²) in [5, 5.41) is 121. The van der Waals surface area contributed by atoms with Crippen molar-refractivity contribution in [2.75, 3.05) is 26.4 Å². The van der Waals surface area contributed by atoms with E-state index in [9.17, 15) is 61.0 Å². The van der Waals surface area contributed by atoms with E-state index in [-0.39, 0.29) is 18.9 Å². The van der Waals surface area contributed by atoms with Gasteiger partial charge in [-0.3, -0.25) is 4.79 Å². The van der Waals surface area contributed by atoms with E-state index in [4.69, 9.17) is 28.4 Å². The average molecular weight is 1450 g/mol. The lowest BCUT2D eigenvalue weighted by molar-refractivity contribution is -0.379. The molecular formula is C83H153NO18.